The van der Waals surface area contributed by atoms with E-state index in [0.717, 1.165) is 32.5 Å². The van der Waals surface area contributed by atoms with Gasteiger partial charge in [-0.3, -0.25) is 14.5 Å². The maximum absolute atomic E-state index is 11.4. The largest absolute Gasteiger partial charge is 0.351 e. The van der Waals surface area contributed by atoms with Crippen LogP contribution in [0.1, 0.15) is 17.7 Å². The summed E-state index contributed by atoms with van der Waals surface area (Å²) in [5.74, 6) is -0.628. The molecular weight excluding hydrogens is 274 g/mol. The molecule has 110 valence electrons. The van der Waals surface area contributed by atoms with Crippen LogP contribution in [0.5, 0.6) is 0 Å². The SMILES string of the molecule is CNC(=O)C(=O)NCC1CCN(Cc2cccs2)CC1. The molecule has 1 saturated heterocycles. The van der Waals surface area contributed by atoms with E-state index in [1.54, 1.807) is 11.3 Å². The molecule has 1 aliphatic rings. The Morgan fingerprint density at radius 3 is 2.70 bits per heavy atom. The summed E-state index contributed by atoms with van der Waals surface area (Å²) >= 11 is 1.79. The first-order valence-electron chi connectivity index (χ1n) is 6.93. The molecule has 0 aromatic carbocycles. The number of piperidine rings is 1. The molecule has 0 bridgehead atoms. The summed E-state index contributed by atoms with van der Waals surface area (Å²) in [5.41, 5.74) is 0. The normalized spacial score (nSPS) is 16.9. The zero-order valence-electron chi connectivity index (χ0n) is 11.7. The molecule has 5 nitrogen and oxygen atoms in total. The number of amides is 2. The molecule has 2 rings (SSSR count). The summed E-state index contributed by atoms with van der Waals surface area (Å²) in [7, 11) is 1.46. The lowest BCUT2D eigenvalue weighted by atomic mass is 9.97. The molecule has 2 N–H and O–H groups in total. The number of likely N-dealkylation sites (tertiary alicyclic amines) is 1. The number of nitrogens with zero attached hydrogens (tertiary/aromatic N) is 1. The molecule has 1 aromatic rings. The Morgan fingerprint density at radius 1 is 1.35 bits per heavy atom. The standard InChI is InChI=1S/C14H21N3O2S/c1-15-13(18)14(19)16-9-11-4-6-17(7-5-11)10-12-3-2-8-20-12/h2-3,8,11H,4-7,9-10H2,1H3,(H,15,18)(H,16,19). The molecule has 20 heavy (non-hydrogen) atoms. The van der Waals surface area contributed by atoms with E-state index in [2.05, 4.69) is 33.0 Å². The highest BCUT2D eigenvalue weighted by Crippen LogP contribution is 2.20. The van der Waals surface area contributed by atoms with E-state index < -0.39 is 11.8 Å². The van der Waals surface area contributed by atoms with Crippen LogP contribution in [-0.4, -0.2) is 43.4 Å². The van der Waals surface area contributed by atoms with Crippen LogP contribution in [0.3, 0.4) is 0 Å². The van der Waals surface area contributed by atoms with E-state index in [9.17, 15) is 9.59 Å². The van der Waals surface area contributed by atoms with E-state index in [4.69, 9.17) is 0 Å². The van der Waals surface area contributed by atoms with E-state index in [0.29, 0.717) is 12.5 Å². The van der Waals surface area contributed by atoms with Crippen molar-refractivity contribution in [3.8, 4) is 0 Å². The predicted octanol–water partition coefficient (Wildman–Crippen LogP) is 0.822. The number of thiophene rings is 1. The molecule has 0 unspecified atom stereocenters. The predicted molar refractivity (Wildman–Crippen MR) is 79.4 cm³/mol. The number of nitrogens with one attached hydrogen (secondary N) is 2. The van der Waals surface area contributed by atoms with Crippen molar-refractivity contribution in [2.24, 2.45) is 5.92 Å². The topological polar surface area (TPSA) is 61.4 Å². The van der Waals surface area contributed by atoms with Crippen molar-refractivity contribution >= 4 is 23.2 Å². The number of carbonyl (C=O) groups is 2. The smallest absolute Gasteiger partial charge is 0.309 e. The fraction of sp³-hybridized carbons (Fsp3) is 0.571. The summed E-state index contributed by atoms with van der Waals surface area (Å²) in [6.07, 6.45) is 2.14. The van der Waals surface area contributed by atoms with Gasteiger partial charge in [0.25, 0.3) is 0 Å². The van der Waals surface area contributed by atoms with Gasteiger partial charge in [0.1, 0.15) is 0 Å². The first kappa shape index (κ1) is 15.0. The summed E-state index contributed by atoms with van der Waals surface area (Å²) in [6, 6.07) is 4.25. The molecular formula is C14H21N3O2S. The molecule has 2 amide bonds. The highest BCUT2D eigenvalue weighted by molar-refractivity contribution is 7.09. The Balaban J connectivity index is 1.66. The van der Waals surface area contributed by atoms with Gasteiger partial charge in [0, 0.05) is 25.0 Å². The van der Waals surface area contributed by atoms with Crippen LogP contribution in [0.25, 0.3) is 0 Å². The van der Waals surface area contributed by atoms with Crippen LogP contribution in [0, 0.1) is 5.92 Å². The lowest BCUT2D eigenvalue weighted by Gasteiger charge is -2.31. The fourth-order valence-corrected chi connectivity index (χ4v) is 3.15. The van der Waals surface area contributed by atoms with Gasteiger partial charge >= 0.3 is 11.8 Å². The van der Waals surface area contributed by atoms with Gasteiger partial charge in [-0.25, -0.2) is 0 Å². The zero-order valence-corrected chi connectivity index (χ0v) is 12.5. The monoisotopic (exact) mass is 295 g/mol. The quantitative estimate of drug-likeness (QED) is 0.809. The van der Waals surface area contributed by atoms with Gasteiger partial charge in [0.05, 0.1) is 0 Å². The first-order chi connectivity index (χ1) is 9.69. The van der Waals surface area contributed by atoms with Crippen molar-refractivity contribution in [1.29, 1.82) is 0 Å². The van der Waals surface area contributed by atoms with Gasteiger partial charge in [-0.1, -0.05) is 6.07 Å². The molecule has 6 heteroatoms. The van der Waals surface area contributed by atoms with Gasteiger partial charge < -0.3 is 10.6 Å². The molecule has 1 aliphatic heterocycles. The zero-order chi connectivity index (χ0) is 14.4. The molecule has 2 heterocycles. The van der Waals surface area contributed by atoms with Crippen LogP contribution in [-0.2, 0) is 16.1 Å². The number of hydrogen-bond donors (Lipinski definition) is 2. The van der Waals surface area contributed by atoms with Gasteiger partial charge in [-0.05, 0) is 43.3 Å². The van der Waals surface area contributed by atoms with Crippen molar-refractivity contribution < 1.29 is 9.59 Å². The minimum absolute atomic E-state index is 0.475. The van der Waals surface area contributed by atoms with E-state index in [1.807, 2.05) is 0 Å². The van der Waals surface area contributed by atoms with E-state index in [-0.39, 0.29) is 0 Å². The molecule has 0 spiro atoms. The maximum Gasteiger partial charge on any atom is 0.309 e. The molecule has 0 atom stereocenters. The molecule has 1 aromatic heterocycles. The number of rotatable bonds is 4. The Bertz CT molecular complexity index is 439. The third-order valence-electron chi connectivity index (χ3n) is 3.65. The third-order valence-corrected chi connectivity index (χ3v) is 4.51. The minimum Gasteiger partial charge on any atom is -0.351 e. The van der Waals surface area contributed by atoms with Crippen LogP contribution >= 0.6 is 11.3 Å². The number of hydrogen-bond acceptors (Lipinski definition) is 4. The second kappa shape index (κ2) is 7.40. The van der Waals surface area contributed by atoms with Crippen molar-refractivity contribution in [3.63, 3.8) is 0 Å². The molecule has 0 radical (unpaired) electrons. The maximum atomic E-state index is 11.4. The van der Waals surface area contributed by atoms with Crippen LogP contribution in [0.4, 0.5) is 0 Å². The van der Waals surface area contributed by atoms with E-state index >= 15 is 0 Å². The van der Waals surface area contributed by atoms with Crippen molar-refractivity contribution in [2.45, 2.75) is 19.4 Å². The molecule has 0 saturated carbocycles. The van der Waals surface area contributed by atoms with Gasteiger partial charge in [0.15, 0.2) is 0 Å². The second-order valence-electron chi connectivity index (χ2n) is 5.09. The number of likely N-dealkylation sites (N-methyl/N-ethyl adjacent to an activating group) is 1. The summed E-state index contributed by atoms with van der Waals surface area (Å²) in [5, 5.41) is 7.13. The third kappa shape index (κ3) is 4.31. The summed E-state index contributed by atoms with van der Waals surface area (Å²) < 4.78 is 0. The average molecular weight is 295 g/mol. The Labute approximate surface area is 123 Å². The Kier molecular flexibility index (Phi) is 5.55. The Morgan fingerprint density at radius 2 is 2.10 bits per heavy atom. The van der Waals surface area contributed by atoms with Crippen molar-refractivity contribution in [3.05, 3.63) is 22.4 Å². The molecule has 0 aliphatic carbocycles. The summed E-state index contributed by atoms with van der Waals surface area (Å²) in [6.45, 7) is 3.73. The van der Waals surface area contributed by atoms with E-state index in [1.165, 1.54) is 11.9 Å². The minimum atomic E-state index is -0.569. The fourth-order valence-electron chi connectivity index (χ4n) is 2.40. The van der Waals surface area contributed by atoms with Crippen LogP contribution in [0.2, 0.25) is 0 Å². The van der Waals surface area contributed by atoms with Crippen LogP contribution < -0.4 is 10.6 Å². The van der Waals surface area contributed by atoms with Gasteiger partial charge in [-0.15, -0.1) is 11.3 Å². The molecule has 1 fully saturated rings. The second-order valence-corrected chi connectivity index (χ2v) is 6.12. The highest BCUT2D eigenvalue weighted by atomic mass is 32.1. The number of carbonyl (C=O) groups excluding carboxylic acids is 2. The van der Waals surface area contributed by atoms with Crippen molar-refractivity contribution in [1.82, 2.24) is 15.5 Å². The Hall–Kier alpha value is -1.40. The lowest BCUT2D eigenvalue weighted by molar-refractivity contribution is -0.139. The summed E-state index contributed by atoms with van der Waals surface area (Å²) in [4.78, 5) is 26.3. The van der Waals surface area contributed by atoms with Crippen molar-refractivity contribution in [2.75, 3.05) is 26.7 Å². The lowest BCUT2D eigenvalue weighted by Crippen LogP contribution is -2.42. The van der Waals surface area contributed by atoms with Gasteiger partial charge in [0.2, 0.25) is 0 Å². The highest BCUT2D eigenvalue weighted by Gasteiger charge is 2.21. The van der Waals surface area contributed by atoms with Crippen LogP contribution in [0.15, 0.2) is 17.5 Å². The van der Waals surface area contributed by atoms with Gasteiger partial charge in [-0.2, -0.15) is 0 Å². The first-order valence-corrected chi connectivity index (χ1v) is 7.81. The average Bonchev–Trinajstić information content (AvgIpc) is 2.98.